The lowest BCUT2D eigenvalue weighted by Crippen LogP contribution is -1.99. The van der Waals surface area contributed by atoms with E-state index in [1.54, 1.807) is 0 Å². The summed E-state index contributed by atoms with van der Waals surface area (Å²) in [5, 5.41) is 0. The Morgan fingerprint density at radius 2 is 1.73 bits per heavy atom. The van der Waals surface area contributed by atoms with Crippen molar-refractivity contribution in [1.82, 2.24) is 0 Å². The molecule has 63 valence electrons. The highest BCUT2D eigenvalue weighted by Crippen LogP contribution is 2.21. The first-order valence-corrected chi connectivity index (χ1v) is 4.40. The monoisotopic (exact) mass is 151 g/mol. The largest absolute Gasteiger partial charge is 0.0807 e. The number of hydrogen-bond acceptors (Lipinski definition) is 0. The Morgan fingerprint density at radius 3 is 2.09 bits per heavy atom. The lowest BCUT2D eigenvalue weighted by atomic mass is 9.92. The van der Waals surface area contributed by atoms with Crippen LogP contribution in [0.2, 0.25) is 0 Å². The molecule has 0 aromatic carbocycles. The summed E-state index contributed by atoms with van der Waals surface area (Å²) in [5.74, 6) is 2.01. The maximum atomic E-state index is 2.24. The van der Waals surface area contributed by atoms with Gasteiger partial charge in [0.05, 0.1) is 0 Å². The minimum Gasteiger partial charge on any atom is -0.0807 e. The molecule has 0 heterocycles. The van der Waals surface area contributed by atoms with Crippen LogP contribution in [-0.4, -0.2) is 0 Å². The first kappa shape index (κ1) is 10.5. The van der Waals surface area contributed by atoms with Crippen LogP contribution in [0.5, 0.6) is 0 Å². The van der Waals surface area contributed by atoms with E-state index < -0.39 is 0 Å². The molecule has 0 saturated heterocycles. The molecule has 0 spiro atoms. The van der Waals surface area contributed by atoms with E-state index in [1.165, 1.54) is 11.5 Å². The summed E-state index contributed by atoms with van der Waals surface area (Å²) >= 11 is 0. The minimum absolute atomic E-state index is 0.647. The zero-order chi connectivity index (χ0) is 8.85. The van der Waals surface area contributed by atoms with Crippen LogP contribution in [0.1, 0.15) is 34.6 Å². The average molecular weight is 151 g/mol. The molecule has 1 unspecified atom stereocenters. The van der Waals surface area contributed by atoms with Crippen molar-refractivity contribution in [2.24, 2.45) is 5.92 Å². The van der Waals surface area contributed by atoms with Crippen molar-refractivity contribution in [3.05, 3.63) is 29.7 Å². The lowest BCUT2D eigenvalue weighted by Gasteiger charge is -2.14. The second kappa shape index (κ2) is 5.17. The van der Waals surface area contributed by atoms with E-state index in [4.69, 9.17) is 0 Å². The second-order valence-electron chi connectivity index (χ2n) is 2.78. The third kappa shape index (κ3) is 3.41. The van der Waals surface area contributed by atoms with Gasteiger partial charge in [0.2, 0.25) is 0 Å². The SMILES string of the molecule is CC.C[C]1C=CC(C)C(C)=C1. The Bertz CT molecular complexity index is 151. The van der Waals surface area contributed by atoms with E-state index in [1.807, 2.05) is 13.8 Å². The number of hydrogen-bond donors (Lipinski definition) is 0. The highest BCUT2D eigenvalue weighted by molar-refractivity contribution is 5.31. The third-order valence-corrected chi connectivity index (χ3v) is 1.82. The smallest absolute Gasteiger partial charge is 0.0159 e. The van der Waals surface area contributed by atoms with Gasteiger partial charge in [0, 0.05) is 5.92 Å². The molecule has 0 amide bonds. The Morgan fingerprint density at radius 1 is 1.18 bits per heavy atom. The molecule has 0 heteroatoms. The molecule has 0 aliphatic heterocycles. The van der Waals surface area contributed by atoms with Crippen molar-refractivity contribution in [3.8, 4) is 0 Å². The standard InChI is InChI=1S/C9H13.C2H6/c1-7-4-5-8(2)9(3)6-7;1-2/h4-6,8H,1-3H3;1-2H3. The summed E-state index contributed by atoms with van der Waals surface area (Å²) in [6, 6.07) is 0. The summed E-state index contributed by atoms with van der Waals surface area (Å²) in [5.41, 5.74) is 1.47. The van der Waals surface area contributed by atoms with Gasteiger partial charge in [-0.25, -0.2) is 0 Å². The maximum Gasteiger partial charge on any atom is 0.0159 e. The highest BCUT2D eigenvalue weighted by atomic mass is 14.1. The molecule has 1 aliphatic carbocycles. The predicted molar refractivity (Wildman–Crippen MR) is 52.3 cm³/mol. The van der Waals surface area contributed by atoms with Crippen LogP contribution in [0.4, 0.5) is 0 Å². The van der Waals surface area contributed by atoms with Gasteiger partial charge in [-0.3, -0.25) is 0 Å². The fourth-order valence-electron chi connectivity index (χ4n) is 0.987. The third-order valence-electron chi connectivity index (χ3n) is 1.82. The topological polar surface area (TPSA) is 0 Å². The molecule has 1 radical (unpaired) electrons. The second-order valence-corrected chi connectivity index (χ2v) is 2.78. The maximum absolute atomic E-state index is 2.24. The van der Waals surface area contributed by atoms with E-state index in [9.17, 15) is 0 Å². The summed E-state index contributed by atoms with van der Waals surface area (Å²) in [6.45, 7) is 10.5. The van der Waals surface area contributed by atoms with E-state index >= 15 is 0 Å². The molecule has 0 fully saturated rings. The van der Waals surface area contributed by atoms with Crippen LogP contribution in [0.25, 0.3) is 0 Å². The number of allylic oxidation sites excluding steroid dienone is 4. The van der Waals surface area contributed by atoms with E-state index in [-0.39, 0.29) is 0 Å². The van der Waals surface area contributed by atoms with Gasteiger partial charge < -0.3 is 0 Å². The number of rotatable bonds is 0. The van der Waals surface area contributed by atoms with Crippen LogP contribution >= 0.6 is 0 Å². The summed E-state index contributed by atoms with van der Waals surface area (Å²) in [4.78, 5) is 0. The zero-order valence-electron chi connectivity index (χ0n) is 8.31. The van der Waals surface area contributed by atoms with Gasteiger partial charge >= 0.3 is 0 Å². The van der Waals surface area contributed by atoms with Crippen LogP contribution in [0.3, 0.4) is 0 Å². The minimum atomic E-state index is 0.647. The lowest BCUT2D eigenvalue weighted by molar-refractivity contribution is 0.840. The summed E-state index contributed by atoms with van der Waals surface area (Å²) in [7, 11) is 0. The van der Waals surface area contributed by atoms with Crippen LogP contribution in [0.15, 0.2) is 23.8 Å². The predicted octanol–water partition coefficient (Wildman–Crippen LogP) is 3.76. The van der Waals surface area contributed by atoms with Gasteiger partial charge in [-0.1, -0.05) is 51.5 Å². The van der Waals surface area contributed by atoms with Crippen molar-refractivity contribution in [3.63, 3.8) is 0 Å². The molecule has 0 aromatic heterocycles. The zero-order valence-corrected chi connectivity index (χ0v) is 8.31. The van der Waals surface area contributed by atoms with Crippen molar-refractivity contribution < 1.29 is 0 Å². The van der Waals surface area contributed by atoms with E-state index in [0.29, 0.717) is 5.92 Å². The quantitative estimate of drug-likeness (QED) is 0.494. The molecule has 1 rings (SSSR count). The molecule has 0 saturated carbocycles. The molecule has 1 atom stereocenters. The molecule has 0 bridgehead atoms. The van der Waals surface area contributed by atoms with Gasteiger partial charge in [-0.2, -0.15) is 0 Å². The Kier molecular flexibility index (Phi) is 4.93. The van der Waals surface area contributed by atoms with Gasteiger partial charge in [-0.15, -0.1) is 0 Å². The van der Waals surface area contributed by atoms with Gasteiger partial charge in [0.1, 0.15) is 0 Å². The fraction of sp³-hybridized carbons (Fsp3) is 0.545. The summed E-state index contributed by atoms with van der Waals surface area (Å²) < 4.78 is 0. The van der Waals surface area contributed by atoms with Crippen molar-refractivity contribution in [2.75, 3.05) is 0 Å². The van der Waals surface area contributed by atoms with Crippen LogP contribution < -0.4 is 0 Å². The molecule has 0 aromatic rings. The van der Waals surface area contributed by atoms with E-state index in [2.05, 4.69) is 39.0 Å². The first-order valence-electron chi connectivity index (χ1n) is 4.40. The van der Waals surface area contributed by atoms with Crippen molar-refractivity contribution in [2.45, 2.75) is 34.6 Å². The molecular weight excluding hydrogens is 132 g/mol. The Balaban J connectivity index is 0.000000461. The molecule has 11 heavy (non-hydrogen) atoms. The van der Waals surface area contributed by atoms with Crippen LogP contribution in [0, 0.1) is 11.8 Å². The molecule has 0 nitrogen and oxygen atoms in total. The van der Waals surface area contributed by atoms with Crippen molar-refractivity contribution in [1.29, 1.82) is 0 Å². The van der Waals surface area contributed by atoms with Gasteiger partial charge in [-0.05, 0) is 12.8 Å². The van der Waals surface area contributed by atoms with E-state index in [0.717, 1.165) is 0 Å². The highest BCUT2D eigenvalue weighted by Gasteiger charge is 2.06. The average Bonchev–Trinajstić information content (AvgIpc) is 2.02. The Labute approximate surface area is 71.0 Å². The van der Waals surface area contributed by atoms with Gasteiger partial charge in [0.15, 0.2) is 0 Å². The Hall–Kier alpha value is -0.520. The summed E-state index contributed by atoms with van der Waals surface area (Å²) in [6.07, 6.45) is 6.66. The van der Waals surface area contributed by atoms with Gasteiger partial charge in [0.25, 0.3) is 0 Å². The van der Waals surface area contributed by atoms with Crippen molar-refractivity contribution >= 4 is 0 Å². The first-order chi connectivity index (χ1) is 5.20. The molecular formula is C11H19. The fourth-order valence-corrected chi connectivity index (χ4v) is 0.987. The molecule has 1 aliphatic rings. The van der Waals surface area contributed by atoms with Crippen LogP contribution in [-0.2, 0) is 0 Å². The normalized spacial score (nSPS) is 23.7. The molecule has 0 N–H and O–H groups in total.